The first-order valence-corrected chi connectivity index (χ1v) is 6.43. The third kappa shape index (κ3) is 2.66. The zero-order chi connectivity index (χ0) is 10.8. The molecule has 16 heavy (non-hydrogen) atoms. The SMILES string of the molecule is c1cc(CN2CCCC2)oc1CNC1CC1. The van der Waals surface area contributed by atoms with Crippen LogP contribution >= 0.6 is 0 Å². The molecule has 0 aromatic carbocycles. The number of rotatable bonds is 5. The minimum Gasteiger partial charge on any atom is -0.463 e. The first-order chi connectivity index (χ1) is 7.90. The highest BCUT2D eigenvalue weighted by atomic mass is 16.3. The lowest BCUT2D eigenvalue weighted by molar-refractivity contribution is 0.291. The summed E-state index contributed by atoms with van der Waals surface area (Å²) in [6.45, 7) is 4.35. The lowest BCUT2D eigenvalue weighted by Gasteiger charge is -2.11. The predicted molar refractivity (Wildman–Crippen MR) is 63.1 cm³/mol. The number of nitrogens with zero attached hydrogens (tertiary/aromatic N) is 1. The van der Waals surface area contributed by atoms with E-state index < -0.39 is 0 Å². The van der Waals surface area contributed by atoms with Gasteiger partial charge in [0.05, 0.1) is 13.1 Å². The third-order valence-corrected chi connectivity index (χ3v) is 3.44. The molecule has 0 amide bonds. The van der Waals surface area contributed by atoms with Gasteiger partial charge in [-0.25, -0.2) is 0 Å². The lowest BCUT2D eigenvalue weighted by Crippen LogP contribution is -2.18. The molecule has 1 aromatic heterocycles. The Morgan fingerprint density at radius 3 is 2.69 bits per heavy atom. The largest absolute Gasteiger partial charge is 0.463 e. The van der Waals surface area contributed by atoms with Gasteiger partial charge in [0.25, 0.3) is 0 Å². The Balaban J connectivity index is 1.50. The van der Waals surface area contributed by atoms with Crippen LogP contribution < -0.4 is 5.32 Å². The average Bonchev–Trinajstić information content (AvgIpc) is 2.78. The van der Waals surface area contributed by atoms with Crippen LogP contribution in [0.3, 0.4) is 0 Å². The molecule has 1 saturated carbocycles. The Labute approximate surface area is 96.8 Å². The van der Waals surface area contributed by atoms with Crippen LogP contribution in [0.1, 0.15) is 37.2 Å². The van der Waals surface area contributed by atoms with Crippen molar-refractivity contribution in [1.29, 1.82) is 0 Å². The molecule has 1 aliphatic heterocycles. The van der Waals surface area contributed by atoms with Crippen molar-refractivity contribution < 1.29 is 4.42 Å². The summed E-state index contributed by atoms with van der Waals surface area (Å²) in [7, 11) is 0. The van der Waals surface area contributed by atoms with E-state index in [1.165, 1.54) is 38.8 Å². The molecule has 0 unspecified atom stereocenters. The molecule has 88 valence electrons. The number of furan rings is 1. The second-order valence-electron chi connectivity index (χ2n) is 5.01. The van der Waals surface area contributed by atoms with E-state index in [0.717, 1.165) is 30.7 Å². The van der Waals surface area contributed by atoms with E-state index in [2.05, 4.69) is 22.3 Å². The van der Waals surface area contributed by atoms with Gasteiger partial charge in [0.2, 0.25) is 0 Å². The molecule has 2 aliphatic rings. The normalized spacial score (nSPS) is 21.8. The topological polar surface area (TPSA) is 28.4 Å². The fourth-order valence-electron chi connectivity index (χ4n) is 2.30. The van der Waals surface area contributed by atoms with Gasteiger partial charge in [-0.2, -0.15) is 0 Å². The molecule has 1 aromatic rings. The highest BCUT2D eigenvalue weighted by molar-refractivity contribution is 5.07. The van der Waals surface area contributed by atoms with Crippen LogP contribution in [-0.4, -0.2) is 24.0 Å². The fourth-order valence-corrected chi connectivity index (χ4v) is 2.30. The molecule has 3 nitrogen and oxygen atoms in total. The molecule has 1 N–H and O–H groups in total. The molecular weight excluding hydrogens is 200 g/mol. The summed E-state index contributed by atoms with van der Waals surface area (Å²) < 4.78 is 5.82. The number of hydrogen-bond donors (Lipinski definition) is 1. The van der Waals surface area contributed by atoms with Crippen molar-refractivity contribution in [2.75, 3.05) is 13.1 Å². The third-order valence-electron chi connectivity index (χ3n) is 3.44. The van der Waals surface area contributed by atoms with Crippen LogP contribution in [0.5, 0.6) is 0 Å². The number of likely N-dealkylation sites (tertiary alicyclic amines) is 1. The van der Waals surface area contributed by atoms with E-state index in [1.807, 2.05) is 0 Å². The molecule has 1 aliphatic carbocycles. The molecule has 1 saturated heterocycles. The first kappa shape index (κ1) is 10.4. The maximum Gasteiger partial charge on any atom is 0.118 e. The summed E-state index contributed by atoms with van der Waals surface area (Å²) in [5.41, 5.74) is 0. The minimum atomic E-state index is 0.757. The van der Waals surface area contributed by atoms with Crippen molar-refractivity contribution in [3.8, 4) is 0 Å². The van der Waals surface area contributed by atoms with Crippen LogP contribution in [0, 0.1) is 0 Å². The molecule has 0 spiro atoms. The van der Waals surface area contributed by atoms with E-state index >= 15 is 0 Å². The monoisotopic (exact) mass is 220 g/mol. The highest BCUT2D eigenvalue weighted by Crippen LogP contribution is 2.20. The van der Waals surface area contributed by atoms with Gasteiger partial charge in [-0.1, -0.05) is 0 Å². The Morgan fingerprint density at radius 1 is 1.19 bits per heavy atom. The first-order valence-electron chi connectivity index (χ1n) is 6.43. The molecule has 3 heteroatoms. The van der Waals surface area contributed by atoms with Crippen LogP contribution in [0.25, 0.3) is 0 Å². The minimum absolute atomic E-state index is 0.757. The maximum atomic E-state index is 5.82. The van der Waals surface area contributed by atoms with Gasteiger partial charge in [-0.15, -0.1) is 0 Å². The van der Waals surface area contributed by atoms with Crippen molar-refractivity contribution in [2.24, 2.45) is 0 Å². The van der Waals surface area contributed by atoms with Gasteiger partial charge < -0.3 is 9.73 Å². The Morgan fingerprint density at radius 2 is 1.94 bits per heavy atom. The van der Waals surface area contributed by atoms with Gasteiger partial charge >= 0.3 is 0 Å². The van der Waals surface area contributed by atoms with Crippen LogP contribution in [0.4, 0.5) is 0 Å². The molecule has 0 atom stereocenters. The Bertz CT molecular complexity index is 337. The summed E-state index contributed by atoms with van der Waals surface area (Å²) in [5, 5.41) is 3.47. The van der Waals surface area contributed by atoms with E-state index in [1.54, 1.807) is 0 Å². The molecule has 2 heterocycles. The smallest absolute Gasteiger partial charge is 0.118 e. The van der Waals surface area contributed by atoms with Crippen molar-refractivity contribution in [3.05, 3.63) is 23.7 Å². The summed E-state index contributed by atoms with van der Waals surface area (Å²) in [6, 6.07) is 5.00. The summed E-state index contributed by atoms with van der Waals surface area (Å²) in [6.07, 6.45) is 5.36. The van der Waals surface area contributed by atoms with Crippen molar-refractivity contribution in [2.45, 2.75) is 44.8 Å². The standard InChI is InChI=1S/C13H20N2O/c1-2-8-15(7-1)10-13-6-5-12(16-13)9-14-11-3-4-11/h5-6,11,14H,1-4,7-10H2. The van der Waals surface area contributed by atoms with E-state index in [9.17, 15) is 0 Å². The highest BCUT2D eigenvalue weighted by Gasteiger charge is 2.20. The van der Waals surface area contributed by atoms with E-state index in [0.29, 0.717) is 0 Å². The predicted octanol–water partition coefficient (Wildman–Crippen LogP) is 2.13. The van der Waals surface area contributed by atoms with E-state index in [4.69, 9.17) is 4.42 Å². The average molecular weight is 220 g/mol. The molecule has 0 radical (unpaired) electrons. The van der Waals surface area contributed by atoms with Gasteiger partial charge in [0, 0.05) is 6.04 Å². The Hall–Kier alpha value is -0.800. The maximum absolute atomic E-state index is 5.82. The van der Waals surface area contributed by atoms with Crippen molar-refractivity contribution >= 4 is 0 Å². The Kier molecular flexibility index (Phi) is 2.98. The molecule has 0 bridgehead atoms. The second-order valence-corrected chi connectivity index (χ2v) is 5.01. The fraction of sp³-hybridized carbons (Fsp3) is 0.692. The zero-order valence-electron chi connectivity index (χ0n) is 9.74. The van der Waals surface area contributed by atoms with Gasteiger partial charge in [0.1, 0.15) is 11.5 Å². The number of nitrogens with one attached hydrogen (secondary N) is 1. The van der Waals surface area contributed by atoms with E-state index in [-0.39, 0.29) is 0 Å². The quantitative estimate of drug-likeness (QED) is 0.824. The second kappa shape index (κ2) is 4.60. The summed E-state index contributed by atoms with van der Waals surface area (Å²) >= 11 is 0. The van der Waals surface area contributed by atoms with Crippen LogP contribution in [0.15, 0.2) is 16.5 Å². The summed E-state index contributed by atoms with van der Waals surface area (Å²) in [5.74, 6) is 2.20. The van der Waals surface area contributed by atoms with Gasteiger partial charge in [0.15, 0.2) is 0 Å². The zero-order valence-corrected chi connectivity index (χ0v) is 9.74. The van der Waals surface area contributed by atoms with Gasteiger partial charge in [-0.3, -0.25) is 4.90 Å². The number of hydrogen-bond acceptors (Lipinski definition) is 3. The molecular formula is C13H20N2O. The van der Waals surface area contributed by atoms with Crippen LogP contribution in [0.2, 0.25) is 0 Å². The van der Waals surface area contributed by atoms with Gasteiger partial charge in [-0.05, 0) is 50.9 Å². The summed E-state index contributed by atoms with van der Waals surface area (Å²) in [4.78, 5) is 2.47. The van der Waals surface area contributed by atoms with Crippen molar-refractivity contribution in [1.82, 2.24) is 10.2 Å². The van der Waals surface area contributed by atoms with Crippen molar-refractivity contribution in [3.63, 3.8) is 0 Å². The molecule has 2 fully saturated rings. The molecule has 3 rings (SSSR count). The van der Waals surface area contributed by atoms with Crippen LogP contribution in [-0.2, 0) is 13.1 Å². The lowest BCUT2D eigenvalue weighted by atomic mass is 10.4.